The number of esters is 1. The summed E-state index contributed by atoms with van der Waals surface area (Å²) in [5.41, 5.74) is 3.50. The maximum absolute atomic E-state index is 12.0. The van der Waals surface area contributed by atoms with Gasteiger partial charge >= 0.3 is 12.0 Å². The van der Waals surface area contributed by atoms with Crippen LogP contribution in [0.4, 0.5) is 5.82 Å². The predicted octanol–water partition coefficient (Wildman–Crippen LogP) is 5.12. The van der Waals surface area contributed by atoms with E-state index in [9.17, 15) is 4.79 Å². The number of benzene rings is 2. The number of carbonyl (C=O) groups excluding carboxylic acids is 1. The highest BCUT2D eigenvalue weighted by Crippen LogP contribution is 2.40. The quantitative estimate of drug-likeness (QED) is 0.211. The smallest absolute Gasteiger partial charge is 0.335 e. The van der Waals surface area contributed by atoms with Crippen molar-refractivity contribution in [1.82, 2.24) is 19.8 Å². The van der Waals surface area contributed by atoms with Gasteiger partial charge in [-0.2, -0.15) is 9.97 Å². The molecule has 3 aliphatic rings. The van der Waals surface area contributed by atoms with Crippen LogP contribution in [-0.4, -0.2) is 78.2 Å². The molecule has 3 aromatic rings. The van der Waals surface area contributed by atoms with E-state index in [-0.39, 0.29) is 5.92 Å². The zero-order valence-corrected chi connectivity index (χ0v) is 24.8. The molecule has 2 saturated heterocycles. The Morgan fingerprint density at radius 2 is 1.93 bits per heavy atom. The van der Waals surface area contributed by atoms with Crippen LogP contribution >= 0.6 is 0 Å². The number of rotatable bonds is 8. The van der Waals surface area contributed by atoms with E-state index < -0.39 is 5.97 Å². The number of aromatic nitrogens is 2. The van der Waals surface area contributed by atoms with Gasteiger partial charge in [0.2, 0.25) is 0 Å². The van der Waals surface area contributed by atoms with Crippen LogP contribution in [0, 0.1) is 0 Å². The van der Waals surface area contributed by atoms with Gasteiger partial charge in [0.25, 0.3) is 0 Å². The Labute approximate surface area is 248 Å². The molecule has 0 spiro atoms. The first-order valence-corrected chi connectivity index (χ1v) is 15.2. The molecule has 0 bridgehead atoms. The van der Waals surface area contributed by atoms with Gasteiger partial charge < -0.3 is 24.2 Å². The number of piperazine rings is 1. The molecule has 1 unspecified atom stereocenters. The molecular weight excluding hydrogens is 526 g/mol. The highest BCUT2D eigenvalue weighted by molar-refractivity contribution is 5.89. The lowest BCUT2D eigenvalue weighted by Gasteiger charge is -2.37. The van der Waals surface area contributed by atoms with Crippen molar-refractivity contribution >= 4 is 22.6 Å². The lowest BCUT2D eigenvalue weighted by atomic mass is 9.80. The molecule has 2 aliphatic heterocycles. The number of likely N-dealkylation sites (N-methyl/N-ethyl adjacent to an activating group) is 1. The molecule has 2 fully saturated rings. The first-order valence-electron chi connectivity index (χ1n) is 15.2. The minimum absolute atomic E-state index is 0.230. The molecule has 1 aliphatic carbocycles. The number of nitrogens with zero attached hydrogens (tertiary/aromatic N) is 5. The first-order chi connectivity index (χ1) is 20.5. The van der Waals surface area contributed by atoms with Gasteiger partial charge in [0.05, 0.1) is 5.69 Å². The number of likely N-dealkylation sites (tertiary alicyclic amines) is 1. The lowest BCUT2D eigenvalue weighted by Crippen LogP contribution is -2.45. The molecule has 0 N–H and O–H groups in total. The van der Waals surface area contributed by atoms with Gasteiger partial charge in [-0.05, 0) is 93.2 Å². The maximum atomic E-state index is 12.0. The Hall–Kier alpha value is -3.91. The van der Waals surface area contributed by atoms with Crippen LogP contribution in [0.25, 0.3) is 10.8 Å². The summed E-state index contributed by atoms with van der Waals surface area (Å²) < 4.78 is 11.9. The average Bonchev–Trinajstić information content (AvgIpc) is 3.43. The summed E-state index contributed by atoms with van der Waals surface area (Å²) in [4.78, 5) is 29.3. The third-order valence-corrected chi connectivity index (χ3v) is 8.98. The second-order valence-corrected chi connectivity index (χ2v) is 11.6. The van der Waals surface area contributed by atoms with E-state index in [1.807, 2.05) is 18.2 Å². The largest absolute Gasteiger partial charge is 0.462 e. The fraction of sp³-hybridized carbons (Fsp3) is 0.441. The van der Waals surface area contributed by atoms with Crippen LogP contribution in [0.3, 0.4) is 0 Å². The Morgan fingerprint density at radius 1 is 1.10 bits per heavy atom. The minimum atomic E-state index is -0.452. The fourth-order valence-electron chi connectivity index (χ4n) is 6.69. The number of fused-ring (bicyclic) bond motifs is 2. The number of hydrogen-bond acceptors (Lipinski definition) is 8. The van der Waals surface area contributed by atoms with E-state index >= 15 is 0 Å². The monoisotopic (exact) mass is 567 g/mol. The molecule has 0 saturated carbocycles. The zero-order chi connectivity index (χ0) is 29.1. The second kappa shape index (κ2) is 12.5. The highest BCUT2D eigenvalue weighted by atomic mass is 16.5. The first kappa shape index (κ1) is 28.2. The van der Waals surface area contributed by atoms with Crippen LogP contribution in [0.5, 0.6) is 11.8 Å². The number of anilines is 1. The van der Waals surface area contributed by atoms with Gasteiger partial charge in [0.15, 0.2) is 0 Å². The van der Waals surface area contributed by atoms with E-state index in [0.717, 1.165) is 75.3 Å². The third-order valence-electron chi connectivity index (χ3n) is 8.98. The van der Waals surface area contributed by atoms with E-state index in [4.69, 9.17) is 19.4 Å². The molecule has 2 atom stereocenters. The molecule has 0 amide bonds. The van der Waals surface area contributed by atoms with E-state index in [0.29, 0.717) is 24.4 Å². The van der Waals surface area contributed by atoms with Gasteiger partial charge in [-0.15, -0.1) is 0 Å². The summed E-state index contributed by atoms with van der Waals surface area (Å²) >= 11 is 0. The number of hydrogen-bond donors (Lipinski definition) is 0. The number of carbonyl (C=O) groups is 1. The standard InChI is InChI=1S/C34H41N5O3/c1-4-14-38-16-18-39(19-17-38)33-29-13-12-25(21-31(29)35-34(36-33)41-23-26-10-8-15-37(26)3)30-22-27(42-32(40)5-2)20-24-9-6-7-11-28(24)30/h4-7,9,11,14,20,22,25-26H,2,8,10,12-13,15-19,21,23H2,1,3H3/t25?,26-/m0/s1. The fourth-order valence-corrected chi connectivity index (χ4v) is 6.69. The van der Waals surface area contributed by atoms with E-state index in [1.54, 1.807) is 0 Å². The molecule has 1 aromatic heterocycles. The Morgan fingerprint density at radius 3 is 2.69 bits per heavy atom. The molecule has 0 radical (unpaired) electrons. The number of allylic oxidation sites excluding steroid dienone is 1. The molecule has 2 aromatic carbocycles. The summed E-state index contributed by atoms with van der Waals surface area (Å²) in [6.07, 6.45) is 10.5. The van der Waals surface area contributed by atoms with Crippen molar-refractivity contribution in [3.05, 3.63) is 78.1 Å². The normalized spacial score (nSPS) is 21.1. The summed E-state index contributed by atoms with van der Waals surface area (Å²) in [5, 5.41) is 2.24. The van der Waals surface area contributed by atoms with Crippen molar-refractivity contribution in [3.8, 4) is 11.8 Å². The molecular formula is C34H41N5O3. The van der Waals surface area contributed by atoms with Gasteiger partial charge in [0.1, 0.15) is 18.2 Å². The predicted molar refractivity (Wildman–Crippen MR) is 166 cm³/mol. The lowest BCUT2D eigenvalue weighted by molar-refractivity contribution is -0.128. The summed E-state index contributed by atoms with van der Waals surface area (Å²) in [6, 6.07) is 13.1. The molecule has 8 heteroatoms. The van der Waals surface area contributed by atoms with Crippen molar-refractivity contribution in [2.24, 2.45) is 0 Å². The van der Waals surface area contributed by atoms with Crippen LogP contribution in [0.1, 0.15) is 48.9 Å². The third kappa shape index (κ3) is 6.00. The van der Waals surface area contributed by atoms with Gasteiger partial charge in [-0.1, -0.05) is 36.9 Å². The van der Waals surface area contributed by atoms with Crippen LogP contribution in [0.2, 0.25) is 0 Å². The summed E-state index contributed by atoms with van der Waals surface area (Å²) in [5.74, 6) is 1.36. The molecule has 8 nitrogen and oxygen atoms in total. The Balaban J connectivity index is 1.32. The maximum Gasteiger partial charge on any atom is 0.335 e. The molecule has 6 rings (SSSR count). The Bertz CT molecular complexity index is 1480. The average molecular weight is 568 g/mol. The zero-order valence-electron chi connectivity index (χ0n) is 24.8. The topological polar surface area (TPSA) is 71.0 Å². The van der Waals surface area contributed by atoms with Crippen LogP contribution < -0.4 is 14.4 Å². The minimum Gasteiger partial charge on any atom is -0.462 e. The molecule has 42 heavy (non-hydrogen) atoms. The van der Waals surface area contributed by atoms with Crippen molar-refractivity contribution in [2.45, 2.75) is 51.0 Å². The van der Waals surface area contributed by atoms with Gasteiger partial charge in [-0.3, -0.25) is 0 Å². The second-order valence-electron chi connectivity index (χ2n) is 11.6. The SMILES string of the molecule is C=CC(=O)Oc1cc(C2CCc3c(nc(OC[C@@H]4CCCN4C)nc3N3CCN(C=CC)CC3)C2)c2ccccc2c1. The molecule has 220 valence electrons. The Kier molecular flexibility index (Phi) is 8.42. The van der Waals surface area contributed by atoms with E-state index in [1.165, 1.54) is 29.0 Å². The van der Waals surface area contributed by atoms with Crippen molar-refractivity contribution < 1.29 is 14.3 Å². The van der Waals surface area contributed by atoms with Crippen LogP contribution in [0.15, 0.2) is 61.3 Å². The highest BCUT2D eigenvalue weighted by Gasteiger charge is 2.30. The van der Waals surface area contributed by atoms with Gasteiger partial charge in [0, 0.05) is 43.9 Å². The van der Waals surface area contributed by atoms with Crippen LogP contribution in [-0.2, 0) is 17.6 Å². The summed E-state index contributed by atoms with van der Waals surface area (Å²) in [7, 11) is 2.17. The van der Waals surface area contributed by atoms with E-state index in [2.05, 4.69) is 65.7 Å². The number of ether oxygens (including phenoxy) is 2. The van der Waals surface area contributed by atoms with Crippen molar-refractivity contribution in [2.75, 3.05) is 51.3 Å². The van der Waals surface area contributed by atoms with Crippen molar-refractivity contribution in [1.29, 1.82) is 0 Å². The van der Waals surface area contributed by atoms with Gasteiger partial charge in [-0.25, -0.2) is 4.79 Å². The van der Waals surface area contributed by atoms with Crippen molar-refractivity contribution in [3.63, 3.8) is 0 Å². The summed E-state index contributed by atoms with van der Waals surface area (Å²) in [6.45, 7) is 11.1. The molecule has 3 heterocycles.